The molecule has 0 saturated heterocycles. The van der Waals surface area contributed by atoms with E-state index in [0.29, 0.717) is 0 Å². The molecule has 0 aliphatic rings. The van der Waals surface area contributed by atoms with Crippen LogP contribution in [0.4, 0.5) is 0 Å². The van der Waals surface area contributed by atoms with E-state index in [2.05, 4.69) is 40.2 Å². The number of unbranched alkanes of at least 4 members (excludes halogenated alkanes) is 1. The third-order valence-electron chi connectivity index (χ3n) is 3.50. The van der Waals surface area contributed by atoms with E-state index < -0.39 is 0 Å². The van der Waals surface area contributed by atoms with Crippen LogP contribution < -0.4 is 0 Å². The Balaban J connectivity index is 1.78. The van der Waals surface area contributed by atoms with Gasteiger partial charge < -0.3 is 4.90 Å². The van der Waals surface area contributed by atoms with Gasteiger partial charge in [0.25, 0.3) is 5.91 Å². The Bertz CT molecular complexity index is 583. The lowest BCUT2D eigenvalue weighted by Gasteiger charge is -2.17. The Labute approximate surface area is 134 Å². The van der Waals surface area contributed by atoms with Crippen LogP contribution in [-0.4, -0.2) is 24.4 Å². The van der Waals surface area contributed by atoms with Crippen molar-refractivity contribution in [1.82, 2.24) is 4.90 Å². The molecule has 0 bridgehead atoms. The molecular weight excluding hydrogens is 326 g/mol. The number of rotatable bonds is 6. The molecule has 2 rings (SSSR count). The van der Waals surface area contributed by atoms with E-state index in [-0.39, 0.29) is 5.91 Å². The first-order valence-electron chi connectivity index (χ1n) is 7.22. The molecular formula is C18H20BrNO. The molecule has 0 unspecified atom stereocenters. The second-order valence-corrected chi connectivity index (χ2v) is 6.00. The fraction of sp³-hybridized carbons (Fsp3) is 0.278. The van der Waals surface area contributed by atoms with Gasteiger partial charge in [-0.1, -0.05) is 42.5 Å². The van der Waals surface area contributed by atoms with E-state index >= 15 is 0 Å². The molecule has 21 heavy (non-hydrogen) atoms. The summed E-state index contributed by atoms with van der Waals surface area (Å²) in [7, 11) is 1.87. The maximum atomic E-state index is 12.3. The van der Waals surface area contributed by atoms with E-state index in [4.69, 9.17) is 0 Å². The van der Waals surface area contributed by atoms with Gasteiger partial charge in [0, 0.05) is 18.1 Å². The third-order valence-corrected chi connectivity index (χ3v) is 4.19. The average Bonchev–Trinajstić information content (AvgIpc) is 2.52. The van der Waals surface area contributed by atoms with Gasteiger partial charge in [0.05, 0.1) is 5.56 Å². The maximum Gasteiger partial charge on any atom is 0.254 e. The molecule has 0 N–H and O–H groups in total. The number of hydrogen-bond donors (Lipinski definition) is 0. The summed E-state index contributed by atoms with van der Waals surface area (Å²) in [5.74, 6) is 0.0715. The van der Waals surface area contributed by atoms with Gasteiger partial charge in [-0.25, -0.2) is 0 Å². The molecule has 2 aromatic carbocycles. The minimum atomic E-state index is 0.0715. The second kappa shape index (κ2) is 7.99. The highest BCUT2D eigenvalue weighted by molar-refractivity contribution is 9.10. The molecule has 0 fully saturated rings. The van der Waals surface area contributed by atoms with Crippen LogP contribution in [0.15, 0.2) is 59.1 Å². The lowest BCUT2D eigenvalue weighted by molar-refractivity contribution is 0.0792. The largest absolute Gasteiger partial charge is 0.342 e. The van der Waals surface area contributed by atoms with Crippen LogP contribution in [0.3, 0.4) is 0 Å². The first-order chi connectivity index (χ1) is 10.2. The lowest BCUT2D eigenvalue weighted by Crippen LogP contribution is -2.28. The number of nitrogens with zero attached hydrogens (tertiary/aromatic N) is 1. The number of carbonyl (C=O) groups excluding carboxylic acids is 1. The quantitative estimate of drug-likeness (QED) is 0.703. The summed E-state index contributed by atoms with van der Waals surface area (Å²) >= 11 is 3.43. The normalized spacial score (nSPS) is 10.4. The zero-order valence-electron chi connectivity index (χ0n) is 12.3. The van der Waals surface area contributed by atoms with Crippen LogP contribution in [0, 0.1) is 0 Å². The van der Waals surface area contributed by atoms with Crippen molar-refractivity contribution < 1.29 is 4.79 Å². The summed E-state index contributed by atoms with van der Waals surface area (Å²) < 4.78 is 0.853. The van der Waals surface area contributed by atoms with Gasteiger partial charge in [-0.15, -0.1) is 0 Å². The average molecular weight is 346 g/mol. The first kappa shape index (κ1) is 15.8. The summed E-state index contributed by atoms with van der Waals surface area (Å²) in [5, 5.41) is 0. The van der Waals surface area contributed by atoms with Crippen LogP contribution in [0.25, 0.3) is 0 Å². The predicted molar refractivity (Wildman–Crippen MR) is 90.5 cm³/mol. The maximum absolute atomic E-state index is 12.3. The zero-order valence-corrected chi connectivity index (χ0v) is 13.8. The SMILES string of the molecule is CN(CCCCc1ccccc1)C(=O)c1ccccc1Br. The minimum Gasteiger partial charge on any atom is -0.342 e. The number of amides is 1. The molecule has 0 spiro atoms. The Hall–Kier alpha value is -1.61. The zero-order chi connectivity index (χ0) is 15.1. The van der Waals surface area contributed by atoms with Gasteiger partial charge in [-0.05, 0) is 52.9 Å². The van der Waals surface area contributed by atoms with Crippen molar-refractivity contribution in [2.75, 3.05) is 13.6 Å². The lowest BCUT2D eigenvalue weighted by atomic mass is 10.1. The Morgan fingerprint density at radius 1 is 1.00 bits per heavy atom. The molecule has 0 heterocycles. The van der Waals surface area contributed by atoms with Crippen LogP contribution in [0.2, 0.25) is 0 Å². The topological polar surface area (TPSA) is 20.3 Å². The summed E-state index contributed by atoms with van der Waals surface area (Å²) in [6.45, 7) is 0.785. The number of carbonyl (C=O) groups is 1. The van der Waals surface area contributed by atoms with Crippen LogP contribution >= 0.6 is 15.9 Å². The molecule has 1 amide bonds. The number of aryl methyl sites for hydroxylation is 1. The summed E-state index contributed by atoms with van der Waals surface area (Å²) in [6, 6.07) is 18.0. The smallest absolute Gasteiger partial charge is 0.254 e. The Morgan fingerprint density at radius 2 is 1.67 bits per heavy atom. The molecule has 0 aromatic heterocycles. The highest BCUT2D eigenvalue weighted by atomic mass is 79.9. The van der Waals surface area contributed by atoms with Gasteiger partial charge in [0.1, 0.15) is 0 Å². The molecule has 2 aromatic rings. The van der Waals surface area contributed by atoms with E-state index in [1.165, 1.54) is 5.56 Å². The van der Waals surface area contributed by atoms with Gasteiger partial charge in [0.2, 0.25) is 0 Å². The summed E-state index contributed by atoms with van der Waals surface area (Å²) in [4.78, 5) is 14.1. The van der Waals surface area contributed by atoms with Crippen molar-refractivity contribution in [3.8, 4) is 0 Å². The fourth-order valence-electron chi connectivity index (χ4n) is 2.26. The second-order valence-electron chi connectivity index (χ2n) is 5.15. The monoisotopic (exact) mass is 345 g/mol. The van der Waals surface area contributed by atoms with Crippen molar-refractivity contribution in [1.29, 1.82) is 0 Å². The van der Waals surface area contributed by atoms with Crippen LogP contribution in [-0.2, 0) is 6.42 Å². The van der Waals surface area contributed by atoms with Gasteiger partial charge in [-0.3, -0.25) is 4.79 Å². The molecule has 0 radical (unpaired) electrons. The van der Waals surface area contributed by atoms with Crippen LogP contribution in [0.1, 0.15) is 28.8 Å². The minimum absolute atomic E-state index is 0.0715. The summed E-state index contributed by atoms with van der Waals surface area (Å²) in [6.07, 6.45) is 3.18. The molecule has 0 aliphatic carbocycles. The van der Waals surface area contributed by atoms with Crippen molar-refractivity contribution in [3.63, 3.8) is 0 Å². The highest BCUT2D eigenvalue weighted by Gasteiger charge is 2.13. The Morgan fingerprint density at radius 3 is 2.38 bits per heavy atom. The van der Waals surface area contributed by atoms with E-state index in [9.17, 15) is 4.79 Å². The standard InChI is InChI=1S/C18H20BrNO/c1-20(18(21)16-12-5-6-13-17(16)19)14-8-7-11-15-9-3-2-4-10-15/h2-6,9-10,12-13H,7-8,11,14H2,1H3. The molecule has 2 nitrogen and oxygen atoms in total. The third kappa shape index (κ3) is 4.71. The van der Waals surface area contributed by atoms with Gasteiger partial charge >= 0.3 is 0 Å². The van der Waals surface area contributed by atoms with Crippen molar-refractivity contribution in [2.24, 2.45) is 0 Å². The fourth-order valence-corrected chi connectivity index (χ4v) is 2.72. The molecule has 0 atom stereocenters. The van der Waals surface area contributed by atoms with Crippen molar-refractivity contribution >= 4 is 21.8 Å². The van der Waals surface area contributed by atoms with Crippen molar-refractivity contribution in [3.05, 3.63) is 70.2 Å². The van der Waals surface area contributed by atoms with E-state index in [0.717, 1.165) is 35.8 Å². The predicted octanol–water partition coefficient (Wildman–Crippen LogP) is 4.54. The summed E-state index contributed by atoms with van der Waals surface area (Å²) in [5.41, 5.74) is 2.08. The number of hydrogen-bond acceptors (Lipinski definition) is 1. The number of halogens is 1. The molecule has 3 heteroatoms. The van der Waals surface area contributed by atoms with E-state index in [1.54, 1.807) is 4.90 Å². The van der Waals surface area contributed by atoms with E-state index in [1.807, 2.05) is 37.4 Å². The first-order valence-corrected chi connectivity index (χ1v) is 8.01. The number of benzene rings is 2. The molecule has 0 saturated carbocycles. The molecule has 0 aliphatic heterocycles. The highest BCUT2D eigenvalue weighted by Crippen LogP contribution is 2.17. The van der Waals surface area contributed by atoms with Gasteiger partial charge in [-0.2, -0.15) is 0 Å². The molecule has 110 valence electrons. The Kier molecular flexibility index (Phi) is 6.00. The van der Waals surface area contributed by atoms with Gasteiger partial charge in [0.15, 0.2) is 0 Å². The van der Waals surface area contributed by atoms with Crippen molar-refractivity contribution in [2.45, 2.75) is 19.3 Å². The van der Waals surface area contributed by atoms with Crippen LogP contribution in [0.5, 0.6) is 0 Å².